The third-order valence-electron chi connectivity index (χ3n) is 7.75. The van der Waals surface area contributed by atoms with Crippen LogP contribution in [0.5, 0.6) is 0 Å². The number of rotatable bonds is 6. The fourth-order valence-corrected chi connectivity index (χ4v) is 5.92. The maximum Gasteiger partial charge on any atom is 0.275 e. The molecule has 2 aliphatic heterocycles. The van der Waals surface area contributed by atoms with Gasteiger partial charge in [-0.15, -0.1) is 0 Å². The standard InChI is InChI=1S/2C16H17NO3/c2*18-17(19)15-10-4-3-8-14(15)16-13(9-5-11-20-16)12-6-1-2-7-12/h2*3-4,6,8-10,16H,1-2,5,7,11H2/t2*16-/m10/s1. The number of nitro benzene ring substituents is 2. The molecule has 2 aliphatic carbocycles. The molecule has 4 aliphatic rings. The van der Waals surface area contributed by atoms with E-state index < -0.39 is 0 Å². The van der Waals surface area contributed by atoms with Gasteiger partial charge in [-0.1, -0.05) is 48.6 Å². The van der Waals surface area contributed by atoms with Gasteiger partial charge in [-0.05, 0) is 85.8 Å². The van der Waals surface area contributed by atoms with Crippen LogP contribution in [0.25, 0.3) is 0 Å². The Morgan fingerprint density at radius 2 is 1.02 bits per heavy atom. The van der Waals surface area contributed by atoms with Crippen molar-refractivity contribution in [2.75, 3.05) is 13.2 Å². The summed E-state index contributed by atoms with van der Waals surface area (Å²) in [6.45, 7) is 1.24. The van der Waals surface area contributed by atoms with Crippen LogP contribution in [-0.4, -0.2) is 23.1 Å². The Bertz CT molecular complexity index is 1280. The first-order valence-corrected chi connectivity index (χ1v) is 14.0. The number of allylic oxidation sites excluding steroid dienone is 2. The van der Waals surface area contributed by atoms with Crippen LogP contribution in [-0.2, 0) is 9.47 Å². The van der Waals surface area contributed by atoms with Crippen molar-refractivity contribution in [1.29, 1.82) is 0 Å². The van der Waals surface area contributed by atoms with Gasteiger partial charge in [0.15, 0.2) is 0 Å². The highest BCUT2D eigenvalue weighted by Gasteiger charge is 2.31. The lowest BCUT2D eigenvalue weighted by molar-refractivity contribution is -0.386. The molecule has 0 saturated carbocycles. The second-order valence-corrected chi connectivity index (χ2v) is 10.3. The first kappa shape index (κ1) is 27.7. The second kappa shape index (κ2) is 13.0. The summed E-state index contributed by atoms with van der Waals surface area (Å²) in [6, 6.07) is 13.8. The van der Waals surface area contributed by atoms with Gasteiger partial charge >= 0.3 is 0 Å². The van der Waals surface area contributed by atoms with Crippen molar-refractivity contribution in [3.63, 3.8) is 0 Å². The second-order valence-electron chi connectivity index (χ2n) is 10.3. The molecule has 208 valence electrons. The zero-order valence-electron chi connectivity index (χ0n) is 22.5. The molecule has 0 radical (unpaired) electrons. The molecule has 0 saturated heterocycles. The summed E-state index contributed by atoms with van der Waals surface area (Å²) in [5.74, 6) is 0. The monoisotopic (exact) mass is 542 g/mol. The van der Waals surface area contributed by atoms with Gasteiger partial charge in [0, 0.05) is 12.1 Å². The molecule has 2 aromatic carbocycles. The van der Waals surface area contributed by atoms with Crippen LogP contribution in [0.4, 0.5) is 11.4 Å². The first-order valence-electron chi connectivity index (χ1n) is 14.0. The van der Waals surface area contributed by atoms with E-state index in [9.17, 15) is 20.2 Å². The Balaban J connectivity index is 0.000000161. The number of nitro groups is 2. The summed E-state index contributed by atoms with van der Waals surface area (Å²) in [5.41, 5.74) is 6.46. The topological polar surface area (TPSA) is 105 Å². The van der Waals surface area contributed by atoms with E-state index >= 15 is 0 Å². The Labute approximate surface area is 234 Å². The quantitative estimate of drug-likeness (QED) is 0.269. The molecular formula is C32H34N2O6. The van der Waals surface area contributed by atoms with Gasteiger partial charge in [-0.2, -0.15) is 0 Å². The Morgan fingerprint density at radius 3 is 1.40 bits per heavy atom. The van der Waals surface area contributed by atoms with Crippen molar-refractivity contribution in [2.45, 2.75) is 63.6 Å². The maximum atomic E-state index is 11.2. The molecule has 0 bridgehead atoms. The molecule has 0 aromatic heterocycles. The van der Waals surface area contributed by atoms with E-state index in [-0.39, 0.29) is 33.4 Å². The minimum Gasteiger partial charge on any atom is -0.368 e. The Morgan fingerprint density at radius 1 is 0.600 bits per heavy atom. The third kappa shape index (κ3) is 6.13. The van der Waals surface area contributed by atoms with Crippen molar-refractivity contribution < 1.29 is 19.3 Å². The first-order chi connectivity index (χ1) is 19.5. The molecule has 0 fully saturated rings. The van der Waals surface area contributed by atoms with Gasteiger partial charge in [0.2, 0.25) is 0 Å². The minimum atomic E-state index is -0.325. The molecule has 2 aromatic rings. The lowest BCUT2D eigenvalue weighted by atomic mass is 9.91. The van der Waals surface area contributed by atoms with E-state index in [0.29, 0.717) is 24.3 Å². The number of nitrogens with zero attached hydrogens (tertiary/aromatic N) is 2. The van der Waals surface area contributed by atoms with E-state index in [1.807, 2.05) is 12.1 Å². The molecule has 6 rings (SSSR count). The molecule has 40 heavy (non-hydrogen) atoms. The van der Waals surface area contributed by atoms with Gasteiger partial charge in [-0.3, -0.25) is 20.2 Å². The molecule has 2 heterocycles. The highest BCUT2D eigenvalue weighted by molar-refractivity contribution is 5.50. The maximum absolute atomic E-state index is 11.2. The highest BCUT2D eigenvalue weighted by atomic mass is 16.6. The molecule has 0 unspecified atom stereocenters. The van der Waals surface area contributed by atoms with Crippen molar-refractivity contribution in [3.05, 3.63) is 126 Å². The zero-order chi connectivity index (χ0) is 27.9. The Hall–Kier alpha value is -3.88. The average molecular weight is 543 g/mol. The average Bonchev–Trinajstić information content (AvgIpc) is 3.73. The van der Waals surface area contributed by atoms with Gasteiger partial charge in [-0.25, -0.2) is 0 Å². The molecule has 0 spiro atoms. The van der Waals surface area contributed by atoms with Crippen LogP contribution in [0, 0.1) is 20.2 Å². The lowest BCUT2D eigenvalue weighted by Gasteiger charge is -2.26. The third-order valence-corrected chi connectivity index (χ3v) is 7.75. The predicted molar refractivity (Wildman–Crippen MR) is 153 cm³/mol. The van der Waals surface area contributed by atoms with Crippen LogP contribution >= 0.6 is 0 Å². The summed E-state index contributed by atoms with van der Waals surface area (Å²) in [4.78, 5) is 21.8. The lowest BCUT2D eigenvalue weighted by Crippen LogP contribution is -2.15. The molecular weight excluding hydrogens is 508 g/mol. The normalized spacial score (nSPS) is 22.3. The zero-order valence-corrected chi connectivity index (χ0v) is 22.5. The van der Waals surface area contributed by atoms with E-state index in [1.54, 1.807) is 36.4 Å². The number of hydrogen-bond donors (Lipinski definition) is 0. The minimum absolute atomic E-state index is 0.142. The van der Waals surface area contributed by atoms with Crippen LogP contribution in [0.15, 0.2) is 95.1 Å². The van der Waals surface area contributed by atoms with E-state index in [1.165, 1.54) is 11.1 Å². The fraction of sp³-hybridized carbons (Fsp3) is 0.375. The van der Waals surface area contributed by atoms with Crippen molar-refractivity contribution in [2.24, 2.45) is 0 Å². The summed E-state index contributed by atoms with van der Waals surface area (Å²) in [6.07, 6.45) is 16.6. The molecule has 8 heteroatoms. The van der Waals surface area contributed by atoms with Gasteiger partial charge in [0.25, 0.3) is 11.4 Å². The van der Waals surface area contributed by atoms with E-state index in [0.717, 1.165) is 62.5 Å². The highest BCUT2D eigenvalue weighted by Crippen LogP contribution is 2.42. The summed E-state index contributed by atoms with van der Waals surface area (Å²) in [5, 5.41) is 22.4. The van der Waals surface area contributed by atoms with Crippen LogP contribution in [0.3, 0.4) is 0 Å². The van der Waals surface area contributed by atoms with Crippen molar-refractivity contribution in [1.82, 2.24) is 0 Å². The Kier molecular flexibility index (Phi) is 8.98. The predicted octanol–water partition coefficient (Wildman–Crippen LogP) is 8.19. The van der Waals surface area contributed by atoms with Crippen LogP contribution in [0.1, 0.15) is 74.7 Å². The molecule has 2 atom stereocenters. The van der Waals surface area contributed by atoms with Gasteiger partial charge in [0.1, 0.15) is 12.2 Å². The molecule has 8 nitrogen and oxygen atoms in total. The number of para-hydroxylation sites is 2. The summed E-state index contributed by atoms with van der Waals surface area (Å²) in [7, 11) is 0. The van der Waals surface area contributed by atoms with Crippen molar-refractivity contribution >= 4 is 11.4 Å². The van der Waals surface area contributed by atoms with Gasteiger partial charge in [0.05, 0.1) is 34.2 Å². The largest absolute Gasteiger partial charge is 0.368 e. The number of ether oxygens (including phenoxy) is 2. The van der Waals surface area contributed by atoms with Gasteiger partial charge < -0.3 is 9.47 Å². The number of benzene rings is 2. The SMILES string of the molecule is O=[N+]([O-])c1ccccc1[C@@H]1OCCC=C1C1=CCCC1.O=[N+]([O-])c1ccccc1[C@H]1OCCC=C1C1=CCCC1. The fourth-order valence-electron chi connectivity index (χ4n) is 5.92. The smallest absolute Gasteiger partial charge is 0.275 e. The van der Waals surface area contributed by atoms with E-state index in [4.69, 9.17) is 9.47 Å². The van der Waals surface area contributed by atoms with Crippen molar-refractivity contribution in [3.8, 4) is 0 Å². The summed E-state index contributed by atoms with van der Waals surface area (Å²) >= 11 is 0. The summed E-state index contributed by atoms with van der Waals surface area (Å²) < 4.78 is 11.7. The number of hydrogen-bond acceptors (Lipinski definition) is 6. The molecule has 0 N–H and O–H groups in total. The van der Waals surface area contributed by atoms with Crippen LogP contribution in [0.2, 0.25) is 0 Å². The van der Waals surface area contributed by atoms with E-state index in [2.05, 4.69) is 24.3 Å². The molecule has 0 amide bonds. The van der Waals surface area contributed by atoms with Crippen LogP contribution < -0.4 is 0 Å².